The number of rotatable bonds is 4. The number of hydrogen-bond donors (Lipinski definition) is 1. The van der Waals surface area contributed by atoms with Gasteiger partial charge in [0.1, 0.15) is 5.82 Å². The first-order valence-electron chi connectivity index (χ1n) is 8.18. The van der Waals surface area contributed by atoms with Crippen LogP contribution in [0, 0.1) is 20.8 Å². The summed E-state index contributed by atoms with van der Waals surface area (Å²) in [6.07, 6.45) is 0. The van der Waals surface area contributed by atoms with Crippen LogP contribution in [0.2, 0.25) is 0 Å². The summed E-state index contributed by atoms with van der Waals surface area (Å²) in [6, 6.07) is 12.4. The van der Waals surface area contributed by atoms with Crippen molar-refractivity contribution < 1.29 is 0 Å². The highest BCUT2D eigenvalue weighted by atomic mass is 15.4. The Morgan fingerprint density at radius 3 is 2.21 bits per heavy atom. The first kappa shape index (κ1) is 16.2. The molecule has 3 aromatic rings. The quantitative estimate of drug-likeness (QED) is 0.771. The summed E-state index contributed by atoms with van der Waals surface area (Å²) in [5.74, 6) is 1.88. The summed E-state index contributed by atoms with van der Waals surface area (Å²) in [6.45, 7) is 10.3. The van der Waals surface area contributed by atoms with Crippen LogP contribution in [0.1, 0.15) is 42.4 Å². The molecular weight excluding hydrogens is 298 g/mol. The van der Waals surface area contributed by atoms with E-state index in [-0.39, 0.29) is 0 Å². The molecule has 0 saturated heterocycles. The van der Waals surface area contributed by atoms with Crippen LogP contribution in [0.25, 0.3) is 5.95 Å². The molecule has 0 bridgehead atoms. The fourth-order valence-corrected chi connectivity index (χ4v) is 2.64. The summed E-state index contributed by atoms with van der Waals surface area (Å²) in [4.78, 5) is 9.12. The van der Waals surface area contributed by atoms with Gasteiger partial charge in [-0.15, -0.1) is 0 Å². The fraction of sp³-hybridized carbons (Fsp3) is 0.316. The van der Waals surface area contributed by atoms with Crippen molar-refractivity contribution in [3.05, 3.63) is 59.0 Å². The third-order valence-electron chi connectivity index (χ3n) is 3.89. The molecule has 5 heteroatoms. The van der Waals surface area contributed by atoms with E-state index in [1.807, 2.05) is 32.9 Å². The standard InChI is InChI=1S/C19H23N5/c1-12(2)16-6-8-17(9-7-16)21-18-11-13(3)20-19(22-18)24-15(5)10-14(4)23-24/h6-12H,1-5H3,(H,20,21,22). The molecule has 1 aromatic carbocycles. The van der Waals surface area contributed by atoms with Gasteiger partial charge in [0, 0.05) is 23.1 Å². The van der Waals surface area contributed by atoms with Gasteiger partial charge in [0.25, 0.3) is 5.95 Å². The van der Waals surface area contributed by atoms with Crippen LogP contribution >= 0.6 is 0 Å². The van der Waals surface area contributed by atoms with Crippen molar-refractivity contribution in [2.75, 3.05) is 5.32 Å². The zero-order valence-electron chi connectivity index (χ0n) is 14.8. The summed E-state index contributed by atoms with van der Waals surface area (Å²) < 4.78 is 1.77. The molecule has 0 radical (unpaired) electrons. The lowest BCUT2D eigenvalue weighted by Gasteiger charge is -2.11. The van der Waals surface area contributed by atoms with E-state index in [4.69, 9.17) is 0 Å². The van der Waals surface area contributed by atoms with E-state index in [0.717, 1.165) is 28.6 Å². The molecule has 5 nitrogen and oxygen atoms in total. The normalized spacial score (nSPS) is 11.1. The highest BCUT2D eigenvalue weighted by molar-refractivity contribution is 5.57. The van der Waals surface area contributed by atoms with Crippen molar-refractivity contribution in [3.63, 3.8) is 0 Å². The zero-order valence-corrected chi connectivity index (χ0v) is 14.8. The smallest absolute Gasteiger partial charge is 0.252 e. The zero-order chi connectivity index (χ0) is 17.3. The van der Waals surface area contributed by atoms with Gasteiger partial charge < -0.3 is 5.32 Å². The Bertz CT molecular complexity index is 847. The lowest BCUT2D eigenvalue weighted by molar-refractivity contribution is 0.770. The largest absolute Gasteiger partial charge is 0.340 e. The van der Waals surface area contributed by atoms with Gasteiger partial charge >= 0.3 is 0 Å². The molecule has 2 aromatic heterocycles. The maximum absolute atomic E-state index is 4.61. The number of nitrogens with zero attached hydrogens (tertiary/aromatic N) is 4. The second-order valence-corrected chi connectivity index (χ2v) is 6.44. The first-order chi connectivity index (χ1) is 11.4. The van der Waals surface area contributed by atoms with Gasteiger partial charge in [-0.25, -0.2) is 9.67 Å². The van der Waals surface area contributed by atoms with E-state index in [9.17, 15) is 0 Å². The topological polar surface area (TPSA) is 55.6 Å². The monoisotopic (exact) mass is 321 g/mol. The summed E-state index contributed by atoms with van der Waals surface area (Å²) in [5.41, 5.74) is 5.20. The number of aryl methyl sites for hydroxylation is 3. The molecule has 0 amide bonds. The van der Waals surface area contributed by atoms with Crippen LogP contribution in [0.4, 0.5) is 11.5 Å². The van der Waals surface area contributed by atoms with E-state index in [1.165, 1.54) is 5.56 Å². The molecule has 0 atom stereocenters. The highest BCUT2D eigenvalue weighted by Crippen LogP contribution is 2.21. The van der Waals surface area contributed by atoms with E-state index in [0.29, 0.717) is 11.9 Å². The van der Waals surface area contributed by atoms with Gasteiger partial charge in [0.15, 0.2) is 0 Å². The minimum atomic E-state index is 0.526. The van der Waals surface area contributed by atoms with E-state index in [1.54, 1.807) is 4.68 Å². The molecule has 124 valence electrons. The Balaban J connectivity index is 1.90. The van der Waals surface area contributed by atoms with Crippen molar-refractivity contribution in [2.24, 2.45) is 0 Å². The molecule has 3 rings (SSSR count). The van der Waals surface area contributed by atoms with E-state index < -0.39 is 0 Å². The Hall–Kier alpha value is -2.69. The Morgan fingerprint density at radius 1 is 0.917 bits per heavy atom. The second kappa shape index (κ2) is 6.43. The lowest BCUT2D eigenvalue weighted by Crippen LogP contribution is -2.08. The number of benzene rings is 1. The maximum Gasteiger partial charge on any atom is 0.252 e. The minimum Gasteiger partial charge on any atom is -0.340 e. The predicted octanol–water partition coefficient (Wildman–Crippen LogP) is 4.45. The van der Waals surface area contributed by atoms with Gasteiger partial charge in [0.2, 0.25) is 0 Å². The molecule has 0 aliphatic carbocycles. The van der Waals surface area contributed by atoms with Gasteiger partial charge in [-0.1, -0.05) is 26.0 Å². The molecule has 0 fully saturated rings. The van der Waals surface area contributed by atoms with Crippen molar-refractivity contribution >= 4 is 11.5 Å². The molecule has 0 aliphatic heterocycles. The van der Waals surface area contributed by atoms with Gasteiger partial charge in [0.05, 0.1) is 5.69 Å². The van der Waals surface area contributed by atoms with Crippen LogP contribution in [-0.2, 0) is 0 Å². The molecule has 0 unspecified atom stereocenters. The Kier molecular flexibility index (Phi) is 4.34. The van der Waals surface area contributed by atoms with Crippen LogP contribution in [0.5, 0.6) is 0 Å². The predicted molar refractivity (Wildman–Crippen MR) is 97.2 cm³/mol. The van der Waals surface area contributed by atoms with Crippen molar-refractivity contribution in [3.8, 4) is 5.95 Å². The van der Waals surface area contributed by atoms with Crippen LogP contribution in [-0.4, -0.2) is 19.7 Å². The van der Waals surface area contributed by atoms with Crippen LogP contribution in [0.15, 0.2) is 36.4 Å². The first-order valence-corrected chi connectivity index (χ1v) is 8.18. The average molecular weight is 321 g/mol. The van der Waals surface area contributed by atoms with Gasteiger partial charge in [-0.3, -0.25) is 0 Å². The third-order valence-corrected chi connectivity index (χ3v) is 3.89. The van der Waals surface area contributed by atoms with Crippen molar-refractivity contribution in [1.29, 1.82) is 0 Å². The fourth-order valence-electron chi connectivity index (χ4n) is 2.64. The third kappa shape index (κ3) is 3.45. The molecule has 0 aliphatic rings. The Morgan fingerprint density at radius 2 is 1.62 bits per heavy atom. The summed E-state index contributed by atoms with van der Waals surface area (Å²) in [5, 5.41) is 7.82. The molecule has 2 heterocycles. The number of hydrogen-bond acceptors (Lipinski definition) is 4. The molecular formula is C19H23N5. The van der Waals surface area contributed by atoms with Crippen molar-refractivity contribution in [1.82, 2.24) is 19.7 Å². The molecule has 0 saturated carbocycles. The van der Waals surface area contributed by atoms with E-state index in [2.05, 4.69) is 58.5 Å². The number of aromatic nitrogens is 4. The van der Waals surface area contributed by atoms with Crippen molar-refractivity contribution in [2.45, 2.75) is 40.5 Å². The minimum absolute atomic E-state index is 0.526. The molecule has 1 N–H and O–H groups in total. The lowest BCUT2D eigenvalue weighted by atomic mass is 10.0. The SMILES string of the molecule is Cc1cc(Nc2ccc(C(C)C)cc2)nc(-n2nc(C)cc2C)n1. The van der Waals surface area contributed by atoms with Crippen LogP contribution < -0.4 is 5.32 Å². The van der Waals surface area contributed by atoms with Gasteiger partial charge in [-0.2, -0.15) is 10.1 Å². The molecule has 0 spiro atoms. The van der Waals surface area contributed by atoms with Gasteiger partial charge in [-0.05, 0) is 50.5 Å². The molecule has 24 heavy (non-hydrogen) atoms. The average Bonchev–Trinajstić information content (AvgIpc) is 2.86. The van der Waals surface area contributed by atoms with E-state index >= 15 is 0 Å². The van der Waals surface area contributed by atoms with Crippen LogP contribution in [0.3, 0.4) is 0 Å². The maximum atomic E-state index is 4.61. The number of nitrogens with one attached hydrogen (secondary N) is 1. The highest BCUT2D eigenvalue weighted by Gasteiger charge is 2.09. The number of anilines is 2. The second-order valence-electron chi connectivity index (χ2n) is 6.44. The summed E-state index contributed by atoms with van der Waals surface area (Å²) >= 11 is 0. The summed E-state index contributed by atoms with van der Waals surface area (Å²) in [7, 11) is 0. The Labute approximate surface area is 142 Å².